The molecule has 2 atom stereocenters. The van der Waals surface area contributed by atoms with E-state index in [9.17, 15) is 0 Å². The smallest absolute Gasteiger partial charge is 0.211 e. The van der Waals surface area contributed by atoms with Gasteiger partial charge in [0.25, 0.3) is 0 Å². The second-order valence-corrected chi connectivity index (χ2v) is 6.17. The van der Waals surface area contributed by atoms with E-state index < -0.39 is 0 Å². The molecule has 2 unspecified atom stereocenters. The maximum atomic E-state index is 5.60. The molecular weight excluding hydrogens is 250 g/mol. The third-order valence-corrected chi connectivity index (χ3v) is 4.40. The molecule has 0 spiro atoms. The molecule has 2 rings (SSSR count). The van der Waals surface area contributed by atoms with Crippen molar-refractivity contribution in [3.05, 3.63) is 17.8 Å². The van der Waals surface area contributed by atoms with Crippen molar-refractivity contribution in [2.75, 3.05) is 19.6 Å². The second-order valence-electron chi connectivity index (χ2n) is 6.17. The first-order valence-electron chi connectivity index (χ1n) is 8.01. The maximum Gasteiger partial charge on any atom is 0.211 e. The fourth-order valence-electron chi connectivity index (χ4n) is 3.17. The number of piperidine rings is 1. The molecule has 1 aromatic heterocycles. The molecule has 4 heteroatoms. The molecule has 2 heterocycles. The predicted octanol–water partition coefficient (Wildman–Crippen LogP) is 3.14. The summed E-state index contributed by atoms with van der Waals surface area (Å²) in [6, 6.07) is 0.702. The Bertz CT molecular complexity index is 396. The number of nitrogens with one attached hydrogen (secondary N) is 1. The molecule has 20 heavy (non-hydrogen) atoms. The van der Waals surface area contributed by atoms with Gasteiger partial charge in [0.15, 0.2) is 0 Å². The Morgan fingerprint density at radius 1 is 1.40 bits per heavy atom. The van der Waals surface area contributed by atoms with Crippen molar-refractivity contribution >= 4 is 0 Å². The largest absolute Gasteiger partial charge is 0.444 e. The summed E-state index contributed by atoms with van der Waals surface area (Å²) in [5.41, 5.74) is 0. The molecule has 1 aromatic rings. The van der Waals surface area contributed by atoms with E-state index in [-0.39, 0.29) is 6.04 Å². The van der Waals surface area contributed by atoms with Crippen LogP contribution in [0.15, 0.2) is 10.6 Å². The SMILES string of the molecule is CCCN1CCC(C(C)NC(C)c2ncc(C)o2)CC1. The molecular formula is C16H29N3O. The van der Waals surface area contributed by atoms with E-state index in [0.717, 1.165) is 17.6 Å². The number of nitrogens with zero attached hydrogens (tertiary/aromatic N) is 2. The molecule has 114 valence electrons. The first-order valence-corrected chi connectivity index (χ1v) is 8.01. The predicted molar refractivity (Wildman–Crippen MR) is 81.7 cm³/mol. The Labute approximate surface area is 122 Å². The monoisotopic (exact) mass is 279 g/mol. The van der Waals surface area contributed by atoms with Crippen molar-refractivity contribution in [3.63, 3.8) is 0 Å². The van der Waals surface area contributed by atoms with Crippen LogP contribution in [0.25, 0.3) is 0 Å². The van der Waals surface area contributed by atoms with Gasteiger partial charge >= 0.3 is 0 Å². The number of hydrogen-bond acceptors (Lipinski definition) is 4. The van der Waals surface area contributed by atoms with Crippen molar-refractivity contribution in [1.29, 1.82) is 0 Å². The zero-order valence-electron chi connectivity index (χ0n) is 13.4. The highest BCUT2D eigenvalue weighted by Crippen LogP contribution is 2.23. The molecule has 1 aliphatic rings. The maximum absolute atomic E-state index is 5.60. The summed E-state index contributed by atoms with van der Waals surface area (Å²) in [7, 11) is 0. The fraction of sp³-hybridized carbons (Fsp3) is 0.812. The summed E-state index contributed by atoms with van der Waals surface area (Å²) in [5, 5.41) is 3.65. The van der Waals surface area contributed by atoms with Crippen LogP contribution < -0.4 is 5.32 Å². The lowest BCUT2D eigenvalue weighted by molar-refractivity contribution is 0.157. The second kappa shape index (κ2) is 7.23. The van der Waals surface area contributed by atoms with Gasteiger partial charge in [-0.15, -0.1) is 0 Å². The average molecular weight is 279 g/mol. The molecule has 1 saturated heterocycles. The minimum atomic E-state index is 0.187. The first kappa shape index (κ1) is 15.5. The zero-order valence-corrected chi connectivity index (χ0v) is 13.4. The highest BCUT2D eigenvalue weighted by Gasteiger charge is 2.25. The lowest BCUT2D eigenvalue weighted by Crippen LogP contribution is -2.42. The van der Waals surface area contributed by atoms with Gasteiger partial charge in [0.2, 0.25) is 5.89 Å². The summed E-state index contributed by atoms with van der Waals surface area (Å²) in [4.78, 5) is 6.90. The normalized spacial score (nSPS) is 21.0. The van der Waals surface area contributed by atoms with E-state index in [1.807, 2.05) is 6.92 Å². The quantitative estimate of drug-likeness (QED) is 0.868. The van der Waals surface area contributed by atoms with Crippen LogP contribution >= 0.6 is 0 Å². The number of rotatable bonds is 6. The highest BCUT2D eigenvalue weighted by atomic mass is 16.4. The van der Waals surface area contributed by atoms with Gasteiger partial charge in [-0.05, 0) is 65.6 Å². The Morgan fingerprint density at radius 2 is 2.10 bits per heavy atom. The third-order valence-electron chi connectivity index (χ3n) is 4.40. The van der Waals surface area contributed by atoms with Crippen molar-refractivity contribution in [1.82, 2.24) is 15.2 Å². The van der Waals surface area contributed by atoms with E-state index in [1.54, 1.807) is 6.20 Å². The summed E-state index contributed by atoms with van der Waals surface area (Å²) in [6.45, 7) is 12.4. The summed E-state index contributed by atoms with van der Waals surface area (Å²) < 4.78 is 5.60. The number of likely N-dealkylation sites (tertiary alicyclic amines) is 1. The summed E-state index contributed by atoms with van der Waals surface area (Å²) in [6.07, 6.45) is 5.65. The van der Waals surface area contributed by atoms with E-state index in [2.05, 4.69) is 36.0 Å². The van der Waals surface area contributed by atoms with Gasteiger partial charge in [-0.1, -0.05) is 6.92 Å². The van der Waals surface area contributed by atoms with Crippen LogP contribution in [0.2, 0.25) is 0 Å². The lowest BCUT2D eigenvalue weighted by Gasteiger charge is -2.35. The van der Waals surface area contributed by atoms with Gasteiger partial charge in [0.1, 0.15) is 5.76 Å². The van der Waals surface area contributed by atoms with E-state index in [0.29, 0.717) is 6.04 Å². The average Bonchev–Trinajstić information content (AvgIpc) is 2.86. The Balaban J connectivity index is 1.79. The van der Waals surface area contributed by atoms with Gasteiger partial charge < -0.3 is 14.6 Å². The minimum absolute atomic E-state index is 0.187. The van der Waals surface area contributed by atoms with Crippen molar-refractivity contribution in [2.24, 2.45) is 5.92 Å². The Kier molecular flexibility index (Phi) is 5.61. The van der Waals surface area contributed by atoms with Crippen molar-refractivity contribution in [2.45, 2.75) is 59.0 Å². The van der Waals surface area contributed by atoms with Crippen LogP contribution in [0.1, 0.15) is 57.7 Å². The third kappa shape index (κ3) is 4.06. The molecule has 4 nitrogen and oxygen atoms in total. The van der Waals surface area contributed by atoms with Crippen LogP contribution in [0.3, 0.4) is 0 Å². The minimum Gasteiger partial charge on any atom is -0.444 e. The van der Waals surface area contributed by atoms with E-state index in [4.69, 9.17) is 4.42 Å². The number of hydrogen-bond donors (Lipinski definition) is 1. The van der Waals surface area contributed by atoms with Crippen LogP contribution in [-0.2, 0) is 0 Å². The molecule has 0 radical (unpaired) electrons. The first-order chi connectivity index (χ1) is 9.60. The van der Waals surface area contributed by atoms with Crippen LogP contribution in [-0.4, -0.2) is 35.6 Å². The van der Waals surface area contributed by atoms with Gasteiger partial charge in [-0.2, -0.15) is 0 Å². The van der Waals surface area contributed by atoms with Crippen LogP contribution in [0.5, 0.6) is 0 Å². The zero-order chi connectivity index (χ0) is 14.5. The molecule has 0 aromatic carbocycles. The summed E-state index contributed by atoms with van der Waals surface area (Å²) >= 11 is 0. The number of aryl methyl sites for hydroxylation is 1. The van der Waals surface area contributed by atoms with Crippen molar-refractivity contribution < 1.29 is 4.42 Å². The van der Waals surface area contributed by atoms with Gasteiger partial charge in [-0.25, -0.2) is 4.98 Å². The van der Waals surface area contributed by atoms with Crippen molar-refractivity contribution in [3.8, 4) is 0 Å². The Hall–Kier alpha value is -0.870. The topological polar surface area (TPSA) is 41.3 Å². The number of oxazole rings is 1. The molecule has 1 aliphatic heterocycles. The highest BCUT2D eigenvalue weighted by molar-refractivity contribution is 4.96. The molecule has 0 amide bonds. The fourth-order valence-corrected chi connectivity index (χ4v) is 3.17. The molecule has 0 saturated carbocycles. The van der Waals surface area contributed by atoms with Gasteiger partial charge in [0.05, 0.1) is 12.2 Å². The van der Waals surface area contributed by atoms with E-state index in [1.165, 1.54) is 38.9 Å². The molecule has 1 N–H and O–H groups in total. The van der Waals surface area contributed by atoms with Crippen LogP contribution in [0.4, 0.5) is 0 Å². The number of aromatic nitrogens is 1. The molecule has 1 fully saturated rings. The lowest BCUT2D eigenvalue weighted by atomic mass is 9.90. The van der Waals surface area contributed by atoms with Gasteiger partial charge in [0, 0.05) is 6.04 Å². The standard InChI is InChI=1S/C16H29N3O/c1-5-8-19-9-6-15(7-10-19)13(3)18-14(4)16-17-11-12(2)20-16/h11,13-15,18H,5-10H2,1-4H3. The summed E-state index contributed by atoms with van der Waals surface area (Å²) in [5.74, 6) is 2.45. The van der Waals surface area contributed by atoms with Gasteiger partial charge in [-0.3, -0.25) is 0 Å². The van der Waals surface area contributed by atoms with E-state index >= 15 is 0 Å². The molecule has 0 bridgehead atoms. The Morgan fingerprint density at radius 3 is 2.65 bits per heavy atom. The van der Waals surface area contributed by atoms with Crippen LogP contribution in [0, 0.1) is 12.8 Å². The molecule has 0 aliphatic carbocycles.